The lowest BCUT2D eigenvalue weighted by Crippen LogP contribution is -2.16. The number of carbonyl (C=O) groups is 1. The van der Waals surface area contributed by atoms with Crippen LogP contribution in [-0.2, 0) is 4.79 Å². The second kappa shape index (κ2) is 4.04. The molecule has 0 aromatic heterocycles. The number of hydrogen-bond acceptors (Lipinski definition) is 2. The zero-order valence-corrected chi connectivity index (χ0v) is 6.93. The van der Waals surface area contributed by atoms with Gasteiger partial charge in [-0.3, -0.25) is 4.79 Å². The van der Waals surface area contributed by atoms with Crippen LogP contribution >= 0.6 is 0 Å². The number of hydrazone groups is 1. The topological polar surface area (TPSA) is 41.5 Å². The van der Waals surface area contributed by atoms with E-state index >= 15 is 0 Å². The number of carbonyl (C=O) groups excluding carboxylic acids is 1. The van der Waals surface area contributed by atoms with Crippen LogP contribution in [0.15, 0.2) is 5.10 Å². The largest absolute Gasteiger partial charge is 0.274 e. The van der Waals surface area contributed by atoms with Crippen molar-refractivity contribution < 1.29 is 4.79 Å². The molecule has 0 aliphatic rings. The fourth-order valence-corrected chi connectivity index (χ4v) is 0.296. The molecule has 0 saturated carbocycles. The summed E-state index contributed by atoms with van der Waals surface area (Å²) in [6.45, 7) is 7.39. The maximum absolute atomic E-state index is 10.4. The third-order valence-corrected chi connectivity index (χ3v) is 1.23. The molecule has 1 amide bonds. The highest BCUT2D eigenvalue weighted by molar-refractivity contribution is 5.85. The smallest absolute Gasteiger partial charge is 0.236 e. The van der Waals surface area contributed by atoms with Crippen LogP contribution in [0.2, 0.25) is 0 Å². The van der Waals surface area contributed by atoms with Gasteiger partial charge < -0.3 is 0 Å². The van der Waals surface area contributed by atoms with Crippen molar-refractivity contribution in [3.8, 4) is 0 Å². The maximum atomic E-state index is 10.4. The van der Waals surface area contributed by atoms with Crippen molar-refractivity contribution in [3.05, 3.63) is 0 Å². The third-order valence-electron chi connectivity index (χ3n) is 1.23. The van der Waals surface area contributed by atoms with Gasteiger partial charge in [0.1, 0.15) is 0 Å². The van der Waals surface area contributed by atoms with Gasteiger partial charge in [0.2, 0.25) is 5.91 Å². The fraction of sp³-hybridized carbons (Fsp3) is 0.714. The highest BCUT2D eigenvalue weighted by Gasteiger charge is 1.96. The van der Waals surface area contributed by atoms with E-state index in [1.807, 2.05) is 20.8 Å². The Labute approximate surface area is 61.5 Å². The summed E-state index contributed by atoms with van der Waals surface area (Å²) in [6.07, 6.45) is 0. The number of rotatable bonds is 2. The summed E-state index contributed by atoms with van der Waals surface area (Å²) < 4.78 is 0. The molecule has 58 valence electrons. The van der Waals surface area contributed by atoms with Gasteiger partial charge in [-0.1, -0.05) is 13.8 Å². The van der Waals surface area contributed by atoms with Crippen molar-refractivity contribution >= 4 is 11.6 Å². The highest BCUT2D eigenvalue weighted by atomic mass is 16.2. The summed E-state index contributed by atoms with van der Waals surface area (Å²) >= 11 is 0. The summed E-state index contributed by atoms with van der Waals surface area (Å²) in [5, 5.41) is 3.84. The van der Waals surface area contributed by atoms with E-state index < -0.39 is 0 Å². The Morgan fingerprint density at radius 1 is 1.40 bits per heavy atom. The van der Waals surface area contributed by atoms with E-state index in [-0.39, 0.29) is 5.91 Å². The molecule has 0 rings (SSSR count). The number of amides is 1. The molecule has 0 fully saturated rings. The van der Waals surface area contributed by atoms with Gasteiger partial charge >= 0.3 is 0 Å². The summed E-state index contributed by atoms with van der Waals surface area (Å²) in [7, 11) is 0. The molecule has 0 spiro atoms. The maximum Gasteiger partial charge on any atom is 0.236 e. The molecule has 3 nitrogen and oxygen atoms in total. The molecule has 10 heavy (non-hydrogen) atoms. The van der Waals surface area contributed by atoms with Gasteiger partial charge in [-0.05, 0) is 12.8 Å². The second-order valence-electron chi connectivity index (χ2n) is 2.58. The van der Waals surface area contributed by atoms with Crippen molar-refractivity contribution in [1.29, 1.82) is 0 Å². The number of nitrogens with zero attached hydrogens (tertiary/aromatic N) is 1. The van der Waals surface area contributed by atoms with Crippen LogP contribution in [0.25, 0.3) is 0 Å². The SMILES string of the molecule is CC(=O)NN=C(C)C(C)C. The molecule has 0 atom stereocenters. The Morgan fingerprint density at radius 2 is 1.90 bits per heavy atom. The normalized spacial score (nSPS) is 11.9. The first-order valence-electron chi connectivity index (χ1n) is 3.34. The van der Waals surface area contributed by atoms with Gasteiger partial charge in [0.25, 0.3) is 0 Å². The predicted octanol–water partition coefficient (Wildman–Crippen LogP) is 1.15. The van der Waals surface area contributed by atoms with Gasteiger partial charge in [0.05, 0.1) is 0 Å². The lowest BCUT2D eigenvalue weighted by atomic mass is 10.1. The van der Waals surface area contributed by atoms with E-state index in [9.17, 15) is 4.79 Å². The molecule has 0 heterocycles. The van der Waals surface area contributed by atoms with E-state index in [1.165, 1.54) is 6.92 Å². The molecule has 0 aliphatic carbocycles. The molecule has 0 aromatic rings. The first-order chi connectivity index (χ1) is 4.54. The van der Waals surface area contributed by atoms with Crippen molar-refractivity contribution in [2.75, 3.05) is 0 Å². The minimum atomic E-state index is -0.125. The fourth-order valence-electron chi connectivity index (χ4n) is 0.296. The van der Waals surface area contributed by atoms with Crippen molar-refractivity contribution in [1.82, 2.24) is 5.43 Å². The molecule has 0 unspecified atom stereocenters. The molecule has 0 saturated heterocycles. The lowest BCUT2D eigenvalue weighted by Gasteiger charge is -2.02. The molecule has 0 aliphatic heterocycles. The summed E-state index contributed by atoms with van der Waals surface area (Å²) in [5.74, 6) is 0.270. The predicted molar refractivity (Wildman–Crippen MR) is 41.8 cm³/mol. The first kappa shape index (κ1) is 9.14. The lowest BCUT2D eigenvalue weighted by molar-refractivity contribution is -0.118. The molecule has 0 aromatic carbocycles. The van der Waals surface area contributed by atoms with Crippen molar-refractivity contribution in [3.63, 3.8) is 0 Å². The Balaban J connectivity index is 3.80. The highest BCUT2D eigenvalue weighted by Crippen LogP contribution is 1.93. The minimum absolute atomic E-state index is 0.125. The van der Waals surface area contributed by atoms with Crippen LogP contribution < -0.4 is 5.43 Å². The van der Waals surface area contributed by atoms with Crippen LogP contribution in [0.1, 0.15) is 27.7 Å². The molecular formula is C7H14N2O. The Bertz CT molecular complexity index is 150. The minimum Gasteiger partial charge on any atom is -0.274 e. The summed E-state index contributed by atoms with van der Waals surface area (Å²) in [5.41, 5.74) is 3.32. The van der Waals surface area contributed by atoms with E-state index in [0.29, 0.717) is 5.92 Å². The second-order valence-corrected chi connectivity index (χ2v) is 2.58. The quantitative estimate of drug-likeness (QED) is 0.456. The van der Waals surface area contributed by atoms with E-state index in [1.54, 1.807) is 0 Å². The molecule has 0 radical (unpaired) electrons. The average molecular weight is 142 g/mol. The van der Waals surface area contributed by atoms with Crippen LogP contribution in [0.4, 0.5) is 0 Å². The van der Waals surface area contributed by atoms with Gasteiger partial charge in [0, 0.05) is 12.6 Å². The molecular weight excluding hydrogens is 128 g/mol. The van der Waals surface area contributed by atoms with Gasteiger partial charge in [-0.2, -0.15) is 5.10 Å². The van der Waals surface area contributed by atoms with E-state index in [4.69, 9.17) is 0 Å². The van der Waals surface area contributed by atoms with Crippen molar-refractivity contribution in [2.24, 2.45) is 11.0 Å². The van der Waals surface area contributed by atoms with Crippen LogP contribution in [0, 0.1) is 5.92 Å². The molecule has 0 bridgehead atoms. The Hall–Kier alpha value is -0.860. The zero-order chi connectivity index (χ0) is 8.15. The first-order valence-corrected chi connectivity index (χ1v) is 3.34. The number of nitrogens with one attached hydrogen (secondary N) is 1. The van der Waals surface area contributed by atoms with Crippen LogP contribution in [0.3, 0.4) is 0 Å². The summed E-state index contributed by atoms with van der Waals surface area (Å²) in [4.78, 5) is 10.4. The van der Waals surface area contributed by atoms with Crippen LogP contribution in [-0.4, -0.2) is 11.6 Å². The van der Waals surface area contributed by atoms with E-state index in [2.05, 4.69) is 10.5 Å². The molecule has 1 N–H and O–H groups in total. The van der Waals surface area contributed by atoms with Gasteiger partial charge in [-0.15, -0.1) is 0 Å². The standard InChI is InChI=1S/C7H14N2O/c1-5(2)6(3)8-9-7(4)10/h5H,1-4H3,(H,9,10). The zero-order valence-electron chi connectivity index (χ0n) is 6.93. The number of hydrogen-bond donors (Lipinski definition) is 1. The average Bonchev–Trinajstić information content (AvgIpc) is 1.82. The van der Waals surface area contributed by atoms with E-state index in [0.717, 1.165) is 5.71 Å². The van der Waals surface area contributed by atoms with Gasteiger partial charge in [-0.25, -0.2) is 5.43 Å². The third kappa shape index (κ3) is 4.06. The molecule has 3 heteroatoms. The van der Waals surface area contributed by atoms with Crippen LogP contribution in [0.5, 0.6) is 0 Å². The summed E-state index contributed by atoms with van der Waals surface area (Å²) in [6, 6.07) is 0. The Kier molecular flexibility index (Phi) is 3.69. The van der Waals surface area contributed by atoms with Crippen molar-refractivity contribution in [2.45, 2.75) is 27.7 Å². The van der Waals surface area contributed by atoms with Gasteiger partial charge in [0.15, 0.2) is 0 Å². The monoisotopic (exact) mass is 142 g/mol. The Morgan fingerprint density at radius 3 is 2.20 bits per heavy atom.